The summed E-state index contributed by atoms with van der Waals surface area (Å²) in [5, 5.41) is 8.04. The second-order valence-electron chi connectivity index (χ2n) is 9.88. The molecule has 0 bridgehead atoms. The van der Waals surface area contributed by atoms with Crippen LogP contribution in [0.3, 0.4) is 0 Å². The van der Waals surface area contributed by atoms with Crippen LogP contribution in [0, 0.1) is 13.8 Å². The number of nitrogens with zero attached hydrogens (tertiary/aromatic N) is 1. The van der Waals surface area contributed by atoms with Gasteiger partial charge in [-0.2, -0.15) is 0 Å². The normalized spacial score (nSPS) is 13.4. The number of ether oxygens (including phenoxy) is 1. The lowest BCUT2D eigenvalue weighted by molar-refractivity contribution is 0.0948. The van der Waals surface area contributed by atoms with E-state index in [-0.39, 0.29) is 11.8 Å². The quantitative estimate of drug-likeness (QED) is 0.293. The van der Waals surface area contributed by atoms with Gasteiger partial charge in [-0.3, -0.25) is 9.59 Å². The van der Waals surface area contributed by atoms with Crippen molar-refractivity contribution in [3.05, 3.63) is 101 Å². The van der Waals surface area contributed by atoms with Crippen molar-refractivity contribution in [2.75, 3.05) is 31.5 Å². The van der Waals surface area contributed by atoms with E-state index in [9.17, 15) is 9.59 Å². The van der Waals surface area contributed by atoms with Crippen LogP contribution in [-0.4, -0.2) is 42.9 Å². The van der Waals surface area contributed by atoms with E-state index >= 15 is 0 Å². The number of amides is 2. The van der Waals surface area contributed by atoms with Crippen LogP contribution in [0.15, 0.2) is 78.9 Å². The number of anilines is 1. The molecule has 1 heterocycles. The fourth-order valence-corrected chi connectivity index (χ4v) is 4.72. The monoisotopic (exact) mass is 507 g/mol. The summed E-state index contributed by atoms with van der Waals surface area (Å²) >= 11 is 0. The van der Waals surface area contributed by atoms with Gasteiger partial charge in [0.15, 0.2) is 5.75 Å². The van der Waals surface area contributed by atoms with Crippen LogP contribution in [0.2, 0.25) is 0 Å². The molecule has 38 heavy (non-hydrogen) atoms. The number of hydrogen-bond acceptors (Lipinski definition) is 4. The maximum atomic E-state index is 13.3. The predicted octanol–water partition coefficient (Wildman–Crippen LogP) is 6.33. The SMILES string of the molecule is Cc1ccc(Oc2ccc(C(=O)NCCN3CCCC3)cc2NC(=O)c2ccc3ccccc3c2)cc1C. The van der Waals surface area contributed by atoms with Crippen molar-refractivity contribution >= 4 is 28.3 Å². The average Bonchev–Trinajstić information content (AvgIpc) is 3.45. The first-order valence-corrected chi connectivity index (χ1v) is 13.2. The zero-order chi connectivity index (χ0) is 26.5. The van der Waals surface area contributed by atoms with Crippen molar-refractivity contribution in [1.82, 2.24) is 10.2 Å². The number of fused-ring (bicyclic) bond motifs is 1. The van der Waals surface area contributed by atoms with E-state index in [0.717, 1.165) is 36.0 Å². The van der Waals surface area contributed by atoms with E-state index in [1.54, 1.807) is 24.3 Å². The summed E-state index contributed by atoms with van der Waals surface area (Å²) in [6.07, 6.45) is 2.44. The maximum absolute atomic E-state index is 13.3. The molecule has 5 rings (SSSR count). The highest BCUT2D eigenvalue weighted by Crippen LogP contribution is 2.32. The molecule has 2 amide bonds. The summed E-state index contributed by atoms with van der Waals surface area (Å²) in [7, 11) is 0. The second kappa shape index (κ2) is 11.5. The van der Waals surface area contributed by atoms with Crippen molar-refractivity contribution in [3.8, 4) is 11.5 Å². The van der Waals surface area contributed by atoms with Crippen molar-refractivity contribution in [3.63, 3.8) is 0 Å². The molecular formula is C32H33N3O3. The Morgan fingerprint density at radius 3 is 2.32 bits per heavy atom. The molecular weight excluding hydrogens is 474 g/mol. The van der Waals surface area contributed by atoms with Gasteiger partial charge in [-0.25, -0.2) is 0 Å². The van der Waals surface area contributed by atoms with E-state index in [4.69, 9.17) is 4.74 Å². The number of carbonyl (C=O) groups is 2. The van der Waals surface area contributed by atoms with Gasteiger partial charge >= 0.3 is 0 Å². The van der Waals surface area contributed by atoms with Gasteiger partial charge in [0.1, 0.15) is 5.75 Å². The van der Waals surface area contributed by atoms with Gasteiger partial charge in [0.05, 0.1) is 5.69 Å². The highest BCUT2D eigenvalue weighted by Gasteiger charge is 2.16. The van der Waals surface area contributed by atoms with Gasteiger partial charge in [0.2, 0.25) is 0 Å². The van der Waals surface area contributed by atoms with Crippen LogP contribution in [-0.2, 0) is 0 Å². The van der Waals surface area contributed by atoms with Crippen molar-refractivity contribution in [2.24, 2.45) is 0 Å². The molecule has 2 N–H and O–H groups in total. The van der Waals surface area contributed by atoms with Crippen LogP contribution >= 0.6 is 0 Å². The van der Waals surface area contributed by atoms with Crippen LogP contribution in [0.25, 0.3) is 10.8 Å². The number of carbonyl (C=O) groups excluding carboxylic acids is 2. The Labute approximate surface area is 223 Å². The molecule has 1 saturated heterocycles. The minimum atomic E-state index is -0.271. The maximum Gasteiger partial charge on any atom is 0.255 e. The first-order valence-electron chi connectivity index (χ1n) is 13.2. The van der Waals surface area contributed by atoms with Gasteiger partial charge in [0.25, 0.3) is 11.8 Å². The van der Waals surface area contributed by atoms with Crippen molar-refractivity contribution in [2.45, 2.75) is 26.7 Å². The highest BCUT2D eigenvalue weighted by molar-refractivity contribution is 6.08. The molecule has 6 heteroatoms. The molecule has 0 aliphatic carbocycles. The molecule has 4 aromatic rings. The molecule has 0 atom stereocenters. The topological polar surface area (TPSA) is 70.7 Å². The lowest BCUT2D eigenvalue weighted by Crippen LogP contribution is -2.33. The van der Waals surface area contributed by atoms with Crippen LogP contribution in [0.5, 0.6) is 11.5 Å². The summed E-state index contributed by atoms with van der Waals surface area (Å²) in [6.45, 7) is 7.67. The summed E-state index contributed by atoms with van der Waals surface area (Å²) in [5.74, 6) is 0.684. The molecule has 6 nitrogen and oxygen atoms in total. The van der Waals surface area contributed by atoms with Crippen LogP contribution in [0.4, 0.5) is 5.69 Å². The molecule has 0 spiro atoms. The largest absolute Gasteiger partial charge is 0.455 e. The number of likely N-dealkylation sites (tertiary alicyclic amines) is 1. The van der Waals surface area contributed by atoms with Crippen LogP contribution < -0.4 is 15.4 Å². The van der Waals surface area contributed by atoms with Gasteiger partial charge in [-0.05, 0) is 104 Å². The number of benzene rings is 4. The molecule has 4 aromatic carbocycles. The molecule has 0 aromatic heterocycles. The molecule has 194 valence electrons. The van der Waals surface area contributed by atoms with E-state index in [1.165, 1.54) is 18.4 Å². The average molecular weight is 508 g/mol. The number of rotatable bonds is 8. The van der Waals surface area contributed by atoms with Gasteiger partial charge in [-0.1, -0.05) is 36.4 Å². The van der Waals surface area contributed by atoms with Gasteiger partial charge in [-0.15, -0.1) is 0 Å². The Balaban J connectivity index is 1.38. The molecule has 0 saturated carbocycles. The third-order valence-electron chi connectivity index (χ3n) is 7.12. The Morgan fingerprint density at radius 2 is 1.53 bits per heavy atom. The Bertz CT molecular complexity index is 1470. The fraction of sp³-hybridized carbons (Fsp3) is 0.250. The van der Waals surface area contributed by atoms with E-state index in [0.29, 0.717) is 34.9 Å². The van der Waals surface area contributed by atoms with E-state index in [2.05, 4.69) is 15.5 Å². The standard InChI is InChI=1S/C32H33N3O3/c1-22-9-13-28(19-23(22)2)38-30-14-12-27(31(36)33-15-18-35-16-5-6-17-35)21-29(30)34-32(37)26-11-10-24-7-3-4-8-25(24)20-26/h3-4,7-14,19-21H,5-6,15-18H2,1-2H3,(H,33,36)(H,34,37). The summed E-state index contributed by atoms with van der Waals surface area (Å²) in [4.78, 5) is 28.6. The van der Waals surface area contributed by atoms with E-state index in [1.807, 2.05) is 68.4 Å². The van der Waals surface area contributed by atoms with Crippen molar-refractivity contribution < 1.29 is 14.3 Å². The second-order valence-corrected chi connectivity index (χ2v) is 9.88. The smallest absolute Gasteiger partial charge is 0.255 e. The van der Waals surface area contributed by atoms with Crippen LogP contribution in [0.1, 0.15) is 44.7 Å². The highest BCUT2D eigenvalue weighted by atomic mass is 16.5. The molecule has 1 aliphatic heterocycles. The molecule has 0 unspecified atom stereocenters. The Hall–Kier alpha value is -4.16. The predicted molar refractivity (Wildman–Crippen MR) is 152 cm³/mol. The van der Waals surface area contributed by atoms with Gasteiger partial charge < -0.3 is 20.3 Å². The Morgan fingerprint density at radius 1 is 0.789 bits per heavy atom. The van der Waals surface area contributed by atoms with Crippen molar-refractivity contribution in [1.29, 1.82) is 0 Å². The lowest BCUT2D eigenvalue weighted by Gasteiger charge is -2.16. The minimum absolute atomic E-state index is 0.178. The number of hydrogen-bond donors (Lipinski definition) is 2. The molecule has 1 fully saturated rings. The number of aryl methyl sites for hydroxylation is 2. The zero-order valence-electron chi connectivity index (χ0n) is 21.9. The third kappa shape index (κ3) is 6.03. The number of nitrogens with one attached hydrogen (secondary N) is 2. The molecule has 0 radical (unpaired) electrons. The first kappa shape index (κ1) is 25.5. The fourth-order valence-electron chi connectivity index (χ4n) is 4.72. The van der Waals surface area contributed by atoms with Gasteiger partial charge in [0, 0.05) is 24.2 Å². The minimum Gasteiger partial charge on any atom is -0.455 e. The zero-order valence-corrected chi connectivity index (χ0v) is 21.9. The summed E-state index contributed by atoms with van der Waals surface area (Å²) in [5.41, 5.74) is 3.71. The Kier molecular flexibility index (Phi) is 7.70. The van der Waals surface area contributed by atoms with E-state index < -0.39 is 0 Å². The molecule has 1 aliphatic rings. The lowest BCUT2D eigenvalue weighted by atomic mass is 10.1. The first-order chi connectivity index (χ1) is 18.5. The summed E-state index contributed by atoms with van der Waals surface area (Å²) < 4.78 is 6.18. The third-order valence-corrected chi connectivity index (χ3v) is 7.12. The summed E-state index contributed by atoms with van der Waals surface area (Å²) in [6, 6.07) is 24.5.